The van der Waals surface area contributed by atoms with Crippen LogP contribution in [-0.2, 0) is 6.61 Å². The number of nitrogens with one attached hydrogen (secondary N) is 1. The molecule has 3 nitrogen and oxygen atoms in total. The fourth-order valence-electron chi connectivity index (χ4n) is 2.96. The van der Waals surface area contributed by atoms with E-state index in [0.29, 0.717) is 6.61 Å². The van der Waals surface area contributed by atoms with Crippen molar-refractivity contribution in [2.45, 2.75) is 12.6 Å². The summed E-state index contributed by atoms with van der Waals surface area (Å²) in [5, 5.41) is 3.39. The molecule has 1 atom stereocenters. The fourth-order valence-corrected chi connectivity index (χ4v) is 2.96. The van der Waals surface area contributed by atoms with E-state index in [1.54, 1.807) is 0 Å². The minimum absolute atomic E-state index is 0. The lowest BCUT2D eigenvalue weighted by Gasteiger charge is -2.33. The topological polar surface area (TPSA) is 24.5 Å². The first-order valence-electron chi connectivity index (χ1n) is 8.21. The van der Waals surface area contributed by atoms with E-state index < -0.39 is 0 Å². The van der Waals surface area contributed by atoms with Gasteiger partial charge in [-0.3, -0.25) is 4.90 Å². The van der Waals surface area contributed by atoms with Gasteiger partial charge in [0.15, 0.2) is 0 Å². The van der Waals surface area contributed by atoms with E-state index in [-0.39, 0.29) is 30.9 Å². The maximum absolute atomic E-state index is 5.86. The van der Waals surface area contributed by atoms with Gasteiger partial charge in [-0.2, -0.15) is 0 Å². The fraction of sp³-hybridized carbons (Fsp3) is 0.300. The third kappa shape index (κ3) is 6.05. The van der Waals surface area contributed by atoms with Gasteiger partial charge in [0, 0.05) is 26.2 Å². The van der Waals surface area contributed by atoms with Gasteiger partial charge in [0.05, 0.1) is 6.04 Å². The molecule has 5 heteroatoms. The van der Waals surface area contributed by atoms with E-state index in [4.69, 9.17) is 4.74 Å². The van der Waals surface area contributed by atoms with Crippen LogP contribution in [0.3, 0.4) is 0 Å². The van der Waals surface area contributed by atoms with Gasteiger partial charge >= 0.3 is 0 Å². The van der Waals surface area contributed by atoms with Crippen LogP contribution in [-0.4, -0.2) is 31.1 Å². The molecule has 1 heterocycles. The highest BCUT2D eigenvalue weighted by atomic mass is 35.5. The number of halogens is 2. The zero-order valence-corrected chi connectivity index (χ0v) is 15.9. The first-order chi connectivity index (χ1) is 11.4. The number of nitrogens with zero attached hydrogens (tertiary/aromatic N) is 1. The number of ether oxygens (including phenoxy) is 1. The summed E-state index contributed by atoms with van der Waals surface area (Å²) in [5.41, 5.74) is 2.45. The summed E-state index contributed by atoms with van der Waals surface area (Å²) in [6, 6.07) is 18.9. The van der Waals surface area contributed by atoms with Gasteiger partial charge in [0.2, 0.25) is 0 Å². The van der Waals surface area contributed by atoms with Gasteiger partial charge in [0.1, 0.15) is 12.4 Å². The van der Waals surface area contributed by atoms with Gasteiger partial charge < -0.3 is 10.1 Å². The molecule has 0 aromatic heterocycles. The molecule has 136 valence electrons. The Kier molecular flexibility index (Phi) is 9.61. The van der Waals surface area contributed by atoms with Crippen molar-refractivity contribution in [2.75, 3.05) is 26.2 Å². The standard InChI is InChI=1S/C20H24N2O.2ClH/c1-2-20(22-14-12-21-13-15-22)18-8-10-19(11-9-18)23-16-17-6-4-3-5-7-17;;/h2-11,20-21H,1,12-16H2;2*1H/t20-;;/m0../s1. The summed E-state index contributed by atoms with van der Waals surface area (Å²) < 4.78 is 5.86. The van der Waals surface area contributed by atoms with Crippen molar-refractivity contribution in [2.24, 2.45) is 0 Å². The zero-order chi connectivity index (χ0) is 15.9. The smallest absolute Gasteiger partial charge is 0.119 e. The molecule has 1 fully saturated rings. The van der Waals surface area contributed by atoms with Crippen molar-refractivity contribution in [1.82, 2.24) is 10.2 Å². The van der Waals surface area contributed by atoms with Gasteiger partial charge in [-0.05, 0) is 23.3 Å². The molecule has 1 N–H and O–H groups in total. The number of rotatable bonds is 6. The second-order valence-electron chi connectivity index (χ2n) is 5.81. The minimum Gasteiger partial charge on any atom is -0.489 e. The summed E-state index contributed by atoms with van der Waals surface area (Å²) in [6.45, 7) is 8.82. The molecule has 0 bridgehead atoms. The van der Waals surface area contributed by atoms with E-state index in [1.807, 2.05) is 24.3 Å². The van der Waals surface area contributed by atoms with Crippen LogP contribution in [0.15, 0.2) is 67.3 Å². The molecular weight excluding hydrogens is 355 g/mol. The van der Waals surface area contributed by atoms with Crippen molar-refractivity contribution in [3.63, 3.8) is 0 Å². The molecule has 25 heavy (non-hydrogen) atoms. The van der Waals surface area contributed by atoms with E-state index in [1.165, 1.54) is 11.1 Å². The van der Waals surface area contributed by atoms with Crippen LogP contribution in [0, 0.1) is 0 Å². The van der Waals surface area contributed by atoms with Crippen LogP contribution in [0.2, 0.25) is 0 Å². The summed E-state index contributed by atoms with van der Waals surface area (Å²) in [7, 11) is 0. The third-order valence-electron chi connectivity index (χ3n) is 4.24. The molecule has 3 rings (SSSR count). The van der Waals surface area contributed by atoms with Gasteiger partial charge in [-0.1, -0.05) is 48.5 Å². The zero-order valence-electron chi connectivity index (χ0n) is 14.3. The van der Waals surface area contributed by atoms with Crippen LogP contribution in [0.25, 0.3) is 0 Å². The molecule has 2 aromatic rings. The normalized spacial score (nSPS) is 15.4. The van der Waals surface area contributed by atoms with Crippen LogP contribution in [0.5, 0.6) is 5.75 Å². The third-order valence-corrected chi connectivity index (χ3v) is 4.24. The maximum atomic E-state index is 5.86. The van der Waals surface area contributed by atoms with Crippen molar-refractivity contribution in [1.29, 1.82) is 0 Å². The predicted octanol–water partition coefficient (Wildman–Crippen LogP) is 4.24. The lowest BCUT2D eigenvalue weighted by molar-refractivity contribution is 0.203. The first-order valence-corrected chi connectivity index (χ1v) is 8.21. The number of benzene rings is 2. The second kappa shape index (κ2) is 11.2. The van der Waals surface area contributed by atoms with Crippen LogP contribution < -0.4 is 10.1 Å². The SMILES string of the molecule is C=C[C@@H](c1ccc(OCc2ccccc2)cc1)N1CCNCC1.Cl.Cl. The highest BCUT2D eigenvalue weighted by Gasteiger charge is 2.19. The Morgan fingerprint density at radius 2 is 1.64 bits per heavy atom. The molecular formula is C20H26Cl2N2O. The van der Waals surface area contributed by atoms with Crippen LogP contribution >= 0.6 is 24.8 Å². The summed E-state index contributed by atoms with van der Waals surface area (Å²) in [6.07, 6.45) is 2.03. The Hall–Kier alpha value is -1.52. The van der Waals surface area contributed by atoms with Crippen LogP contribution in [0.4, 0.5) is 0 Å². The Morgan fingerprint density at radius 1 is 1.00 bits per heavy atom. The average molecular weight is 381 g/mol. The monoisotopic (exact) mass is 380 g/mol. The molecule has 1 saturated heterocycles. The highest BCUT2D eigenvalue weighted by Crippen LogP contribution is 2.24. The average Bonchev–Trinajstić information content (AvgIpc) is 2.63. The van der Waals surface area contributed by atoms with E-state index in [9.17, 15) is 0 Å². The largest absolute Gasteiger partial charge is 0.489 e. The van der Waals surface area contributed by atoms with Gasteiger partial charge in [0.25, 0.3) is 0 Å². The Balaban J connectivity index is 0.00000156. The molecule has 1 aliphatic rings. The Labute approximate surface area is 162 Å². The molecule has 2 aromatic carbocycles. The summed E-state index contributed by atoms with van der Waals surface area (Å²) in [5.74, 6) is 0.903. The maximum Gasteiger partial charge on any atom is 0.119 e. The molecule has 0 amide bonds. The van der Waals surface area contributed by atoms with Crippen molar-refractivity contribution >= 4 is 24.8 Å². The molecule has 0 saturated carbocycles. The Bertz CT molecular complexity index is 613. The van der Waals surface area contributed by atoms with Crippen molar-refractivity contribution < 1.29 is 4.74 Å². The Morgan fingerprint density at radius 3 is 2.24 bits per heavy atom. The lowest BCUT2D eigenvalue weighted by Crippen LogP contribution is -2.44. The number of hydrogen-bond acceptors (Lipinski definition) is 3. The summed E-state index contributed by atoms with van der Waals surface area (Å²) >= 11 is 0. The minimum atomic E-state index is 0. The summed E-state index contributed by atoms with van der Waals surface area (Å²) in [4.78, 5) is 2.46. The van der Waals surface area contributed by atoms with E-state index >= 15 is 0 Å². The van der Waals surface area contributed by atoms with Crippen LogP contribution in [0.1, 0.15) is 17.2 Å². The molecule has 0 aliphatic carbocycles. The quantitative estimate of drug-likeness (QED) is 0.758. The first kappa shape index (κ1) is 21.5. The molecule has 0 radical (unpaired) electrons. The molecule has 0 spiro atoms. The van der Waals surface area contributed by atoms with Crippen molar-refractivity contribution in [3.8, 4) is 5.75 Å². The van der Waals surface area contributed by atoms with Crippen molar-refractivity contribution in [3.05, 3.63) is 78.4 Å². The second-order valence-corrected chi connectivity index (χ2v) is 5.81. The molecule has 1 aliphatic heterocycles. The van der Waals surface area contributed by atoms with Gasteiger partial charge in [-0.15, -0.1) is 31.4 Å². The lowest BCUT2D eigenvalue weighted by atomic mass is 10.0. The van der Waals surface area contributed by atoms with Gasteiger partial charge in [-0.25, -0.2) is 0 Å². The molecule has 0 unspecified atom stereocenters. The highest BCUT2D eigenvalue weighted by molar-refractivity contribution is 5.85. The number of hydrogen-bond donors (Lipinski definition) is 1. The predicted molar refractivity (Wildman–Crippen MR) is 109 cm³/mol. The number of piperazine rings is 1. The van der Waals surface area contributed by atoms with E-state index in [0.717, 1.165) is 31.9 Å². The van der Waals surface area contributed by atoms with E-state index in [2.05, 4.69) is 53.2 Å².